The molecule has 2 atom stereocenters. The molecule has 0 bridgehead atoms. The van der Waals surface area contributed by atoms with Gasteiger partial charge in [0.1, 0.15) is 0 Å². The van der Waals surface area contributed by atoms with Gasteiger partial charge in [-0.2, -0.15) is 0 Å². The molecule has 174 valence electrons. The summed E-state index contributed by atoms with van der Waals surface area (Å²) in [5.41, 5.74) is 11.8. The maximum absolute atomic E-state index is 3.64. The molecule has 1 aliphatic heterocycles. The van der Waals surface area contributed by atoms with E-state index in [1.165, 1.54) is 50.6 Å². The summed E-state index contributed by atoms with van der Waals surface area (Å²) < 4.78 is 0. The number of nitrogens with zero attached hydrogens (tertiary/aromatic N) is 1. The van der Waals surface area contributed by atoms with E-state index in [4.69, 9.17) is 0 Å². The zero-order valence-electron chi connectivity index (χ0n) is 20.8. The lowest BCUT2D eigenvalue weighted by Gasteiger charge is -2.35. The van der Waals surface area contributed by atoms with Crippen molar-refractivity contribution in [2.45, 2.75) is 45.1 Å². The minimum Gasteiger partial charge on any atom is -0.358 e. The Kier molecular flexibility index (Phi) is 5.25. The Balaban J connectivity index is 1.29. The third kappa shape index (κ3) is 3.83. The molecule has 6 rings (SSSR count). The number of allylic oxidation sites excluding steroid dienone is 6. The van der Waals surface area contributed by atoms with Gasteiger partial charge in [0.2, 0.25) is 0 Å². The van der Waals surface area contributed by atoms with Crippen LogP contribution in [0.2, 0.25) is 0 Å². The molecule has 0 saturated carbocycles. The maximum Gasteiger partial charge on any atom is 0.0560 e. The molecule has 1 N–H and O–H groups in total. The van der Waals surface area contributed by atoms with E-state index >= 15 is 0 Å². The van der Waals surface area contributed by atoms with Crippen LogP contribution in [-0.2, 0) is 5.41 Å². The number of hydrogen-bond donors (Lipinski definition) is 1. The Morgan fingerprint density at radius 1 is 0.857 bits per heavy atom. The van der Waals surface area contributed by atoms with Gasteiger partial charge in [0.25, 0.3) is 0 Å². The van der Waals surface area contributed by atoms with Gasteiger partial charge in [0.15, 0.2) is 0 Å². The lowest BCUT2D eigenvalue weighted by Crippen LogP contribution is -2.31. The minimum absolute atomic E-state index is 0.0152. The predicted molar refractivity (Wildman–Crippen MR) is 148 cm³/mol. The van der Waals surface area contributed by atoms with Crippen LogP contribution < -0.4 is 10.2 Å². The monoisotopic (exact) mass is 456 g/mol. The first kappa shape index (κ1) is 21.7. The number of fused-ring (bicyclic) bond motifs is 3. The number of benzene rings is 3. The van der Waals surface area contributed by atoms with Crippen molar-refractivity contribution in [2.75, 3.05) is 10.2 Å². The van der Waals surface area contributed by atoms with Crippen LogP contribution in [0.25, 0.3) is 0 Å². The van der Waals surface area contributed by atoms with Crippen molar-refractivity contribution in [1.29, 1.82) is 0 Å². The second-order valence-electron chi connectivity index (χ2n) is 10.3. The van der Waals surface area contributed by atoms with Crippen LogP contribution in [0, 0.1) is 13.8 Å². The minimum atomic E-state index is 0.0152. The van der Waals surface area contributed by atoms with Gasteiger partial charge in [-0.05, 0) is 97.9 Å². The van der Waals surface area contributed by atoms with Gasteiger partial charge < -0.3 is 10.2 Å². The Morgan fingerprint density at radius 2 is 1.57 bits per heavy atom. The Morgan fingerprint density at radius 3 is 2.23 bits per heavy atom. The second-order valence-corrected chi connectivity index (χ2v) is 10.3. The molecule has 0 spiro atoms. The molecular weight excluding hydrogens is 424 g/mol. The first-order chi connectivity index (χ1) is 17.0. The van der Waals surface area contributed by atoms with E-state index in [0.717, 1.165) is 12.8 Å². The maximum atomic E-state index is 3.64. The summed E-state index contributed by atoms with van der Waals surface area (Å²) in [6.45, 7) is 6.71. The number of hydrogen-bond acceptors (Lipinski definition) is 2. The van der Waals surface area contributed by atoms with E-state index in [1.54, 1.807) is 0 Å². The molecule has 3 aliphatic rings. The van der Waals surface area contributed by atoms with Gasteiger partial charge in [0, 0.05) is 28.2 Å². The summed E-state index contributed by atoms with van der Waals surface area (Å²) >= 11 is 0. The molecule has 3 aromatic rings. The molecule has 0 saturated heterocycles. The summed E-state index contributed by atoms with van der Waals surface area (Å²) in [6.07, 6.45) is 13.8. The van der Waals surface area contributed by atoms with Gasteiger partial charge in [-0.3, -0.25) is 0 Å². The molecule has 2 aliphatic carbocycles. The smallest absolute Gasteiger partial charge is 0.0560 e. The second kappa shape index (κ2) is 8.46. The standard InChI is InChI=1S/C33H32N2/c1-23-8-6-10-28(20-23)35(29-11-7-9-24(2)21-29)27-17-14-25(15-18-27)26-16-19-32-33(3,22-26)30-12-4-5-13-31(30)34-32/h4-17,19-21,27,34H,18,22H2,1-3H3. The van der Waals surface area contributed by atoms with Crippen molar-refractivity contribution in [1.82, 2.24) is 0 Å². The van der Waals surface area contributed by atoms with Gasteiger partial charge >= 0.3 is 0 Å². The van der Waals surface area contributed by atoms with Crippen LogP contribution in [0.3, 0.4) is 0 Å². The van der Waals surface area contributed by atoms with E-state index in [1.807, 2.05) is 0 Å². The molecule has 0 radical (unpaired) electrons. The highest BCUT2D eigenvalue weighted by atomic mass is 15.2. The summed E-state index contributed by atoms with van der Waals surface area (Å²) in [6, 6.07) is 26.7. The van der Waals surface area contributed by atoms with Crippen molar-refractivity contribution in [3.05, 3.63) is 137 Å². The fourth-order valence-electron chi connectivity index (χ4n) is 5.87. The number of aryl methyl sites for hydroxylation is 2. The van der Waals surface area contributed by atoms with E-state index < -0.39 is 0 Å². The van der Waals surface area contributed by atoms with Crippen LogP contribution >= 0.6 is 0 Å². The lowest BCUT2D eigenvalue weighted by atomic mass is 9.72. The molecule has 0 amide bonds. The van der Waals surface area contributed by atoms with E-state index in [-0.39, 0.29) is 11.5 Å². The zero-order chi connectivity index (χ0) is 24.0. The molecule has 2 heteroatoms. The molecular formula is C33H32N2. The number of para-hydroxylation sites is 1. The summed E-state index contributed by atoms with van der Waals surface area (Å²) in [5, 5.41) is 3.64. The SMILES string of the molecule is Cc1cccc(N(c2cccc(C)c2)C2C=CC(C3=CC=C4Nc5ccccc5C4(C)C3)=CC2)c1. The quantitative estimate of drug-likeness (QED) is 0.425. The highest BCUT2D eigenvalue weighted by molar-refractivity contribution is 5.71. The summed E-state index contributed by atoms with van der Waals surface area (Å²) in [5.74, 6) is 0. The molecule has 3 aromatic carbocycles. The largest absolute Gasteiger partial charge is 0.358 e. The molecule has 0 aromatic heterocycles. The fourth-order valence-corrected chi connectivity index (χ4v) is 5.87. The molecule has 2 nitrogen and oxygen atoms in total. The van der Waals surface area contributed by atoms with Crippen molar-refractivity contribution >= 4 is 17.1 Å². The van der Waals surface area contributed by atoms with Crippen LogP contribution in [0.5, 0.6) is 0 Å². The van der Waals surface area contributed by atoms with Crippen LogP contribution in [0.15, 0.2) is 120 Å². The Bertz CT molecular complexity index is 1370. The van der Waals surface area contributed by atoms with E-state index in [2.05, 4.69) is 134 Å². The van der Waals surface area contributed by atoms with Crippen LogP contribution in [-0.4, -0.2) is 6.04 Å². The predicted octanol–water partition coefficient (Wildman–Crippen LogP) is 8.29. The highest BCUT2D eigenvalue weighted by Gasteiger charge is 2.41. The number of nitrogens with one attached hydrogen (secondary N) is 1. The van der Waals surface area contributed by atoms with Crippen molar-refractivity contribution in [3.63, 3.8) is 0 Å². The highest BCUT2D eigenvalue weighted by Crippen LogP contribution is 2.50. The first-order valence-electron chi connectivity index (χ1n) is 12.6. The van der Waals surface area contributed by atoms with Gasteiger partial charge in [-0.1, -0.05) is 66.8 Å². The molecule has 35 heavy (non-hydrogen) atoms. The van der Waals surface area contributed by atoms with Crippen LogP contribution in [0.4, 0.5) is 17.1 Å². The average molecular weight is 457 g/mol. The fraction of sp³-hybridized carbons (Fsp3) is 0.212. The normalized spacial score (nSPS) is 22.4. The molecule has 1 heterocycles. The van der Waals surface area contributed by atoms with Crippen molar-refractivity contribution < 1.29 is 0 Å². The van der Waals surface area contributed by atoms with E-state index in [0.29, 0.717) is 0 Å². The third-order valence-electron chi connectivity index (χ3n) is 7.72. The van der Waals surface area contributed by atoms with Gasteiger partial charge in [-0.25, -0.2) is 0 Å². The number of rotatable bonds is 4. The topological polar surface area (TPSA) is 15.3 Å². The third-order valence-corrected chi connectivity index (χ3v) is 7.72. The van der Waals surface area contributed by atoms with Crippen LogP contribution in [0.1, 0.15) is 36.5 Å². The van der Waals surface area contributed by atoms with Gasteiger partial charge in [-0.15, -0.1) is 0 Å². The average Bonchev–Trinajstić information content (AvgIpc) is 3.16. The van der Waals surface area contributed by atoms with Crippen molar-refractivity contribution in [3.8, 4) is 0 Å². The molecule has 2 unspecified atom stereocenters. The Labute approximate surface area is 209 Å². The zero-order valence-corrected chi connectivity index (χ0v) is 20.8. The van der Waals surface area contributed by atoms with Gasteiger partial charge in [0.05, 0.1) is 6.04 Å². The summed E-state index contributed by atoms with van der Waals surface area (Å²) in [7, 11) is 0. The van der Waals surface area contributed by atoms with Crippen molar-refractivity contribution in [2.24, 2.45) is 0 Å². The summed E-state index contributed by atoms with van der Waals surface area (Å²) in [4.78, 5) is 2.48. The number of anilines is 3. The Hall–Kier alpha value is -3.78. The van der Waals surface area contributed by atoms with E-state index in [9.17, 15) is 0 Å². The lowest BCUT2D eigenvalue weighted by molar-refractivity contribution is 0.570. The first-order valence-corrected chi connectivity index (χ1v) is 12.6. The molecule has 0 fully saturated rings.